The Morgan fingerprint density at radius 1 is 1.17 bits per heavy atom. The summed E-state index contributed by atoms with van der Waals surface area (Å²) >= 11 is 0. The van der Waals surface area contributed by atoms with Gasteiger partial charge in [-0.05, 0) is 6.42 Å². The van der Waals surface area contributed by atoms with Crippen LogP contribution in [0, 0.1) is 0 Å². The van der Waals surface area contributed by atoms with Crippen molar-refractivity contribution in [2.75, 3.05) is 0 Å². The predicted octanol–water partition coefficient (Wildman–Crippen LogP) is -9.16. The van der Waals surface area contributed by atoms with E-state index in [1.165, 1.54) is 0 Å². The number of carbonyl (C=O) groups is 3. The van der Waals surface area contributed by atoms with Gasteiger partial charge in [0.1, 0.15) is 5.97 Å². The molecule has 0 aromatic carbocycles. The normalized spacial score (nSPS) is 7.33. The van der Waals surface area contributed by atoms with Crippen LogP contribution in [-0.4, -0.2) is 17.7 Å². The van der Waals surface area contributed by atoms with E-state index in [4.69, 9.17) is 0 Å². The summed E-state index contributed by atoms with van der Waals surface area (Å²) in [4.78, 5) is 29.4. The molecule has 0 heterocycles. The van der Waals surface area contributed by atoms with Gasteiger partial charge in [0.2, 0.25) is 0 Å². The number of rotatable bonds is 4. The molecule has 5 nitrogen and oxygen atoms in total. The SMILES string of the molecule is O=C([O-])CC[14C](=O)C(=O)[O-].[Na+].[Na+]. The second kappa shape index (κ2) is 9.70. The molecule has 0 saturated heterocycles. The first kappa shape index (κ1) is 18.4. The third-order valence-corrected chi connectivity index (χ3v) is 0.784. The second-order valence-corrected chi connectivity index (χ2v) is 1.58. The fraction of sp³-hybridized carbons (Fsp3) is 0.400. The molecule has 0 aromatic rings. The molecule has 7 heteroatoms. The van der Waals surface area contributed by atoms with Crippen LogP contribution >= 0.6 is 0 Å². The van der Waals surface area contributed by atoms with Gasteiger partial charge in [-0.25, -0.2) is 0 Å². The molecular weight excluding hydrogens is 188 g/mol. The maximum Gasteiger partial charge on any atom is 1.00 e. The fourth-order valence-electron chi connectivity index (χ4n) is 0.318. The molecule has 0 unspecified atom stereocenters. The Morgan fingerprint density at radius 2 is 1.58 bits per heavy atom. The molecule has 0 saturated carbocycles. The van der Waals surface area contributed by atoms with E-state index < -0.39 is 30.6 Å². The summed E-state index contributed by atoms with van der Waals surface area (Å²) in [7, 11) is 0. The Bertz CT molecular complexity index is 179. The first-order valence-corrected chi connectivity index (χ1v) is 2.48. The van der Waals surface area contributed by atoms with Crippen LogP contribution in [0.25, 0.3) is 0 Å². The third kappa shape index (κ3) is 10.6. The van der Waals surface area contributed by atoms with Gasteiger partial charge in [0.25, 0.3) is 0 Å². The molecular formula is C5H4Na2O5. The molecule has 0 aromatic heterocycles. The topological polar surface area (TPSA) is 97.3 Å². The van der Waals surface area contributed by atoms with Crippen LogP contribution in [0.2, 0.25) is 0 Å². The van der Waals surface area contributed by atoms with Crippen molar-refractivity contribution in [3.05, 3.63) is 0 Å². The number of carboxylic acids is 2. The largest absolute Gasteiger partial charge is 1.00 e. The van der Waals surface area contributed by atoms with E-state index in [0.29, 0.717) is 0 Å². The number of hydrogen-bond donors (Lipinski definition) is 0. The molecule has 56 valence electrons. The summed E-state index contributed by atoms with van der Waals surface area (Å²) < 4.78 is 0. The summed E-state index contributed by atoms with van der Waals surface area (Å²) in [6.07, 6.45) is -1.14. The summed E-state index contributed by atoms with van der Waals surface area (Å²) in [6.45, 7) is 0. The van der Waals surface area contributed by atoms with Gasteiger partial charge in [-0.3, -0.25) is 4.79 Å². The zero-order valence-corrected chi connectivity index (χ0v) is 11.0. The van der Waals surface area contributed by atoms with E-state index in [-0.39, 0.29) is 59.1 Å². The summed E-state index contributed by atoms with van der Waals surface area (Å²) in [5.41, 5.74) is 0. The number of ketones is 1. The molecule has 0 aliphatic heterocycles. The molecule has 0 aliphatic carbocycles. The van der Waals surface area contributed by atoms with Crippen LogP contribution in [0.1, 0.15) is 12.8 Å². The van der Waals surface area contributed by atoms with Crippen LogP contribution in [0.3, 0.4) is 0 Å². The van der Waals surface area contributed by atoms with Gasteiger partial charge in [0.05, 0.1) is 0 Å². The van der Waals surface area contributed by atoms with E-state index in [0.717, 1.165) is 0 Å². The van der Waals surface area contributed by atoms with Crippen LogP contribution < -0.4 is 69.3 Å². The number of hydrogen-bond acceptors (Lipinski definition) is 5. The monoisotopic (exact) mass is 192 g/mol. The van der Waals surface area contributed by atoms with Gasteiger partial charge in [0, 0.05) is 12.4 Å². The zero-order chi connectivity index (χ0) is 8.15. The van der Waals surface area contributed by atoms with E-state index >= 15 is 0 Å². The standard InChI is InChI=1S/C5H6O5.2Na/c6-3(5(9)10)1-2-4(7)8;;/h1-2H2,(H,7,8)(H,9,10);;/q;2*+1/p-2/i3+2;;. The van der Waals surface area contributed by atoms with Gasteiger partial charge >= 0.3 is 59.1 Å². The van der Waals surface area contributed by atoms with Crippen molar-refractivity contribution in [3.63, 3.8) is 0 Å². The van der Waals surface area contributed by atoms with E-state index in [1.54, 1.807) is 0 Å². The average Bonchev–Trinajstić information content (AvgIpc) is 1.82. The molecule has 0 amide bonds. The van der Waals surface area contributed by atoms with Crippen molar-refractivity contribution in [2.24, 2.45) is 0 Å². The van der Waals surface area contributed by atoms with Crippen molar-refractivity contribution >= 4 is 17.7 Å². The van der Waals surface area contributed by atoms with Crippen LogP contribution in [0.4, 0.5) is 0 Å². The Morgan fingerprint density at radius 3 is 1.83 bits per heavy atom. The molecule has 0 N–H and O–H groups in total. The van der Waals surface area contributed by atoms with Crippen molar-refractivity contribution < 1.29 is 83.7 Å². The molecule has 0 atom stereocenters. The minimum absolute atomic E-state index is 0. The molecule has 12 heavy (non-hydrogen) atoms. The molecule has 0 rings (SSSR count). The van der Waals surface area contributed by atoms with Crippen molar-refractivity contribution in [1.29, 1.82) is 0 Å². The number of aliphatic carboxylic acids is 2. The summed E-state index contributed by atoms with van der Waals surface area (Å²) in [5, 5.41) is 19.3. The molecule has 0 radical (unpaired) electrons. The zero-order valence-electron chi connectivity index (χ0n) is 6.96. The molecule has 0 bridgehead atoms. The Kier molecular flexibility index (Phi) is 14.9. The van der Waals surface area contributed by atoms with E-state index in [1.807, 2.05) is 0 Å². The van der Waals surface area contributed by atoms with Crippen LogP contribution in [0.15, 0.2) is 0 Å². The number of carbonyl (C=O) groups excluding carboxylic acids is 3. The van der Waals surface area contributed by atoms with Crippen molar-refractivity contribution in [3.8, 4) is 0 Å². The number of carboxylic acid groups (broad SMARTS) is 2. The second-order valence-electron chi connectivity index (χ2n) is 1.58. The smallest absolute Gasteiger partial charge is 0.550 e. The van der Waals surface area contributed by atoms with E-state index in [2.05, 4.69) is 0 Å². The maximum absolute atomic E-state index is 10.1. The summed E-state index contributed by atoms with van der Waals surface area (Å²) in [6, 6.07) is 0. The quantitative estimate of drug-likeness (QED) is 0.325. The van der Waals surface area contributed by atoms with Gasteiger partial charge in [-0.1, -0.05) is 0 Å². The average molecular weight is 192 g/mol. The molecule has 0 fully saturated rings. The van der Waals surface area contributed by atoms with Gasteiger partial charge in [0.15, 0.2) is 5.78 Å². The van der Waals surface area contributed by atoms with E-state index in [9.17, 15) is 24.6 Å². The Hall–Kier alpha value is 0.610. The predicted molar refractivity (Wildman–Crippen MR) is 24.3 cm³/mol. The third-order valence-electron chi connectivity index (χ3n) is 0.784. The maximum atomic E-state index is 10.1. The van der Waals surface area contributed by atoms with Crippen molar-refractivity contribution in [2.45, 2.75) is 12.8 Å². The summed E-state index contributed by atoms with van der Waals surface area (Å²) in [5.74, 6) is -4.53. The van der Waals surface area contributed by atoms with Crippen LogP contribution in [0.5, 0.6) is 0 Å². The van der Waals surface area contributed by atoms with Gasteiger partial charge in [-0.15, -0.1) is 0 Å². The van der Waals surface area contributed by atoms with Crippen molar-refractivity contribution in [1.82, 2.24) is 0 Å². The first-order chi connectivity index (χ1) is 4.54. The minimum Gasteiger partial charge on any atom is -0.550 e. The molecule has 0 aliphatic rings. The van der Waals surface area contributed by atoms with Crippen LogP contribution in [-0.2, 0) is 14.4 Å². The number of Topliss-reactive ketones (excluding diaryl/α,β-unsaturated/α-hetero) is 1. The fourth-order valence-corrected chi connectivity index (χ4v) is 0.318. The Balaban J connectivity index is -0.000000405. The molecule has 0 spiro atoms. The van der Waals surface area contributed by atoms with Gasteiger partial charge < -0.3 is 19.8 Å². The minimum atomic E-state index is -1.86. The van der Waals surface area contributed by atoms with Gasteiger partial charge in [-0.2, -0.15) is 0 Å². The Labute approximate surface area is 113 Å². The first-order valence-electron chi connectivity index (χ1n) is 2.48.